The Morgan fingerprint density at radius 1 is 1.38 bits per heavy atom. The average molecular weight is 410 g/mol. The van der Waals surface area contributed by atoms with Crippen LogP contribution < -0.4 is 16.1 Å². The molecule has 3 rings (SSSR count). The molecule has 0 aromatic carbocycles. The normalized spacial score (nSPS) is 20.5. The Hall–Kier alpha value is -3.39. The van der Waals surface area contributed by atoms with Crippen molar-refractivity contribution in [2.24, 2.45) is 12.0 Å². The highest BCUT2D eigenvalue weighted by Crippen LogP contribution is 2.42. The third-order valence-corrected chi connectivity index (χ3v) is 4.65. The van der Waals surface area contributed by atoms with E-state index in [9.17, 15) is 19.6 Å². The first kappa shape index (κ1) is 20.3. The molecule has 3 heterocycles. The van der Waals surface area contributed by atoms with Crippen LogP contribution in [0.3, 0.4) is 0 Å². The van der Waals surface area contributed by atoms with E-state index in [2.05, 4.69) is 26.2 Å². The van der Waals surface area contributed by atoms with Crippen molar-refractivity contribution in [1.29, 1.82) is 0 Å². The van der Waals surface area contributed by atoms with E-state index >= 15 is 0 Å². The van der Waals surface area contributed by atoms with Gasteiger partial charge in [-0.15, -0.1) is 0 Å². The van der Waals surface area contributed by atoms with Gasteiger partial charge in [0.2, 0.25) is 5.91 Å². The lowest BCUT2D eigenvalue weighted by atomic mass is 9.97. The topological polar surface area (TPSA) is 174 Å². The Labute approximate surface area is 165 Å². The minimum absolute atomic E-state index is 0.0669. The Bertz CT molecular complexity index is 839. The number of carboxylic acid groups (broad SMARTS) is 1. The van der Waals surface area contributed by atoms with Gasteiger partial charge in [-0.25, -0.2) is 9.59 Å². The molecule has 1 aromatic rings. The molecular formula is C15H22N8O6. The number of hydroxylamine groups is 3. The molecule has 158 valence electrons. The molecule has 5 N–H and O–H groups in total. The van der Waals surface area contributed by atoms with Crippen LogP contribution >= 0.6 is 0 Å². The summed E-state index contributed by atoms with van der Waals surface area (Å²) in [6, 6.07) is -1.75. The fraction of sp³-hybridized carbons (Fsp3) is 0.533. The van der Waals surface area contributed by atoms with E-state index in [1.54, 1.807) is 17.9 Å². The summed E-state index contributed by atoms with van der Waals surface area (Å²) in [5.74, 6) is -0.207. The maximum atomic E-state index is 12.4. The number of rotatable bonds is 7. The first-order valence-corrected chi connectivity index (χ1v) is 8.73. The maximum absolute atomic E-state index is 12.4. The quantitative estimate of drug-likeness (QED) is 0.120. The molecule has 2 aliphatic heterocycles. The standard InChI is InChI=1S/C15H22N8O6/c1-16-13(20-29-7-10(24)17-3-4-18-14(25)26)12-11-8(5-19-21(11)2)9-6-22(12)15(27)23(9)28/h5,9,12,18,28H,3-4,6-7H2,1-2H3,(H,16,20)(H,17,24)(H,25,26)/t9-,12-/m0/s1. The molecule has 2 aliphatic rings. The van der Waals surface area contributed by atoms with Crippen LogP contribution in [0.15, 0.2) is 11.2 Å². The predicted molar refractivity (Wildman–Crippen MR) is 95.9 cm³/mol. The summed E-state index contributed by atoms with van der Waals surface area (Å²) in [7, 11) is 3.22. The molecular weight excluding hydrogens is 388 g/mol. The largest absolute Gasteiger partial charge is 0.465 e. The number of hydrogen-bond acceptors (Lipinski definition) is 7. The van der Waals surface area contributed by atoms with Gasteiger partial charge in [0, 0.05) is 32.7 Å². The summed E-state index contributed by atoms with van der Waals surface area (Å²) in [5, 5.41) is 28.0. The first-order valence-electron chi connectivity index (χ1n) is 8.73. The number of carbonyl (C=O) groups is 3. The summed E-state index contributed by atoms with van der Waals surface area (Å²) in [4.78, 5) is 45.3. The van der Waals surface area contributed by atoms with Crippen molar-refractivity contribution in [2.75, 3.05) is 33.3 Å². The highest BCUT2D eigenvalue weighted by Gasteiger charge is 2.51. The summed E-state index contributed by atoms with van der Waals surface area (Å²) in [5.41, 5.74) is 3.97. The molecule has 1 fully saturated rings. The van der Waals surface area contributed by atoms with Crippen molar-refractivity contribution in [3.05, 3.63) is 17.5 Å². The number of carbonyl (C=O) groups excluding carboxylic acids is 2. The lowest BCUT2D eigenvalue weighted by molar-refractivity contribution is -0.127. The van der Waals surface area contributed by atoms with Crippen molar-refractivity contribution in [3.8, 4) is 0 Å². The fourth-order valence-electron chi connectivity index (χ4n) is 3.35. The van der Waals surface area contributed by atoms with E-state index < -0.39 is 30.1 Å². The van der Waals surface area contributed by atoms with Crippen molar-refractivity contribution in [2.45, 2.75) is 12.1 Å². The lowest BCUT2D eigenvalue weighted by Crippen LogP contribution is -2.45. The number of aryl methyl sites for hydroxylation is 1. The third kappa shape index (κ3) is 3.93. The van der Waals surface area contributed by atoms with Gasteiger partial charge in [0.15, 0.2) is 6.61 Å². The second-order valence-electron chi connectivity index (χ2n) is 6.39. The van der Waals surface area contributed by atoms with E-state index in [1.807, 2.05) is 0 Å². The molecule has 0 unspecified atom stereocenters. The highest BCUT2D eigenvalue weighted by molar-refractivity contribution is 5.93. The van der Waals surface area contributed by atoms with Gasteiger partial charge in [-0.2, -0.15) is 10.2 Å². The molecule has 0 radical (unpaired) electrons. The van der Waals surface area contributed by atoms with E-state index in [0.717, 1.165) is 0 Å². The van der Waals surface area contributed by atoms with Crippen LogP contribution in [0.5, 0.6) is 0 Å². The van der Waals surface area contributed by atoms with Crippen LogP contribution in [-0.2, 0) is 16.7 Å². The molecule has 14 nitrogen and oxygen atoms in total. The SMILES string of the molecule is CN=C(NOCC(=O)NCCNC(=O)O)[C@@H]1c2c(cnn2C)[C@@H]2CN1C(=O)N2O. The maximum Gasteiger partial charge on any atom is 0.404 e. The van der Waals surface area contributed by atoms with Crippen LogP contribution in [0.25, 0.3) is 0 Å². The van der Waals surface area contributed by atoms with Crippen molar-refractivity contribution in [3.63, 3.8) is 0 Å². The van der Waals surface area contributed by atoms with Crippen LogP contribution in [0.4, 0.5) is 9.59 Å². The molecule has 2 bridgehead atoms. The van der Waals surface area contributed by atoms with Gasteiger partial charge < -0.3 is 20.6 Å². The van der Waals surface area contributed by atoms with E-state index in [4.69, 9.17) is 9.94 Å². The van der Waals surface area contributed by atoms with E-state index in [0.29, 0.717) is 16.3 Å². The van der Waals surface area contributed by atoms with Crippen LogP contribution in [0.2, 0.25) is 0 Å². The number of nitrogens with zero attached hydrogens (tertiary/aromatic N) is 5. The summed E-state index contributed by atoms with van der Waals surface area (Å²) in [6.07, 6.45) is 0.418. The summed E-state index contributed by atoms with van der Waals surface area (Å²) < 4.78 is 1.60. The smallest absolute Gasteiger partial charge is 0.404 e. The monoisotopic (exact) mass is 410 g/mol. The lowest BCUT2D eigenvalue weighted by Gasteiger charge is -2.31. The summed E-state index contributed by atoms with van der Waals surface area (Å²) >= 11 is 0. The number of amidine groups is 1. The Kier molecular flexibility index (Phi) is 5.84. The molecule has 0 spiro atoms. The van der Waals surface area contributed by atoms with Gasteiger partial charge in [-0.05, 0) is 0 Å². The predicted octanol–water partition coefficient (Wildman–Crippen LogP) is -1.42. The average Bonchev–Trinajstić information content (AvgIpc) is 3.18. The van der Waals surface area contributed by atoms with Gasteiger partial charge >= 0.3 is 12.1 Å². The van der Waals surface area contributed by atoms with Crippen LogP contribution in [-0.4, -0.2) is 87.2 Å². The minimum atomic E-state index is -1.18. The molecule has 1 aromatic heterocycles. The number of urea groups is 1. The zero-order valence-electron chi connectivity index (χ0n) is 15.8. The third-order valence-electron chi connectivity index (χ3n) is 4.65. The molecule has 14 heteroatoms. The van der Waals surface area contributed by atoms with Gasteiger partial charge in [-0.1, -0.05) is 0 Å². The van der Waals surface area contributed by atoms with Crippen LogP contribution in [0, 0.1) is 0 Å². The van der Waals surface area contributed by atoms with Crippen molar-refractivity contribution >= 4 is 23.9 Å². The molecule has 4 amide bonds. The second-order valence-corrected chi connectivity index (χ2v) is 6.39. The van der Waals surface area contributed by atoms with E-state index in [1.165, 1.54) is 11.9 Å². The Morgan fingerprint density at radius 2 is 2.10 bits per heavy atom. The van der Waals surface area contributed by atoms with Crippen molar-refractivity contribution < 1.29 is 29.5 Å². The van der Waals surface area contributed by atoms with Gasteiger partial charge in [-0.3, -0.25) is 30.0 Å². The number of aliphatic imine (C=N–C) groups is 1. The summed E-state index contributed by atoms with van der Waals surface area (Å²) in [6.45, 7) is 0.0772. The van der Waals surface area contributed by atoms with Gasteiger partial charge in [0.25, 0.3) is 0 Å². The molecule has 29 heavy (non-hydrogen) atoms. The van der Waals surface area contributed by atoms with Gasteiger partial charge in [0.1, 0.15) is 17.9 Å². The fourth-order valence-corrected chi connectivity index (χ4v) is 3.35. The highest BCUT2D eigenvalue weighted by atomic mass is 16.6. The Balaban J connectivity index is 1.62. The zero-order valence-corrected chi connectivity index (χ0v) is 15.8. The second kappa shape index (κ2) is 8.32. The molecule has 1 saturated heterocycles. The van der Waals surface area contributed by atoms with E-state index in [-0.39, 0.29) is 32.1 Å². The molecule has 0 saturated carbocycles. The number of hydrogen-bond donors (Lipinski definition) is 5. The van der Waals surface area contributed by atoms with Crippen molar-refractivity contribution in [1.82, 2.24) is 35.9 Å². The number of aromatic nitrogens is 2. The van der Waals surface area contributed by atoms with Gasteiger partial charge in [0.05, 0.1) is 18.4 Å². The Morgan fingerprint density at radius 3 is 2.79 bits per heavy atom. The minimum Gasteiger partial charge on any atom is -0.465 e. The number of nitrogens with one attached hydrogen (secondary N) is 3. The molecule has 0 aliphatic carbocycles. The number of fused-ring (bicyclic) bond motifs is 4. The first-order chi connectivity index (χ1) is 13.8. The molecule has 2 atom stereocenters. The van der Waals surface area contributed by atoms with Crippen LogP contribution in [0.1, 0.15) is 23.3 Å². The number of amides is 4. The zero-order chi connectivity index (χ0) is 21.1.